The van der Waals surface area contributed by atoms with Gasteiger partial charge in [0.1, 0.15) is 44.5 Å². The van der Waals surface area contributed by atoms with E-state index in [0.717, 1.165) is 45.5 Å². The Labute approximate surface area is 410 Å². The van der Waals surface area contributed by atoms with Gasteiger partial charge in [-0.25, -0.2) is 38.4 Å². The normalized spacial score (nSPS) is 12.8. The lowest BCUT2D eigenvalue weighted by molar-refractivity contribution is -0.193. The zero-order valence-corrected chi connectivity index (χ0v) is 38.4. The molecule has 0 fully saturated rings. The molecule has 1 aliphatic carbocycles. The largest absolute Gasteiger partial charge is 0.490 e. The van der Waals surface area contributed by atoms with Crippen molar-refractivity contribution in [3.8, 4) is 22.6 Å². The first-order valence-corrected chi connectivity index (χ1v) is 21.7. The molecule has 5 aromatic carbocycles. The fourth-order valence-corrected chi connectivity index (χ4v) is 7.86. The summed E-state index contributed by atoms with van der Waals surface area (Å²) in [5.74, 6) is -12.4. The molecule has 2 atom stereocenters. The summed E-state index contributed by atoms with van der Waals surface area (Å²) in [6.45, 7) is 3.70. The van der Waals surface area contributed by atoms with E-state index in [9.17, 15) is 53.7 Å². The van der Waals surface area contributed by atoms with E-state index in [4.69, 9.17) is 37.9 Å². The van der Waals surface area contributed by atoms with Crippen LogP contribution in [-0.2, 0) is 62.6 Å². The van der Waals surface area contributed by atoms with Gasteiger partial charge in [0, 0.05) is 19.3 Å². The van der Waals surface area contributed by atoms with Gasteiger partial charge in [0.15, 0.2) is 12.2 Å². The van der Waals surface area contributed by atoms with E-state index in [2.05, 4.69) is 13.2 Å². The first-order valence-electron chi connectivity index (χ1n) is 21.7. The fraction of sp³-hybridized carbons (Fsp3) is 0.208. The van der Waals surface area contributed by atoms with Crippen LogP contribution in [0.25, 0.3) is 11.1 Å². The molecule has 0 aromatic heterocycles. The maximum Gasteiger partial charge on any atom is 0.355 e. The van der Waals surface area contributed by atoms with Crippen molar-refractivity contribution >= 4 is 47.8 Å². The molecule has 2 unspecified atom stereocenters. The summed E-state index contributed by atoms with van der Waals surface area (Å²) in [5.41, 5.74) is -0.0418. The SMILES string of the molecule is C=CC(=O)OCC(COc1ccc(C2(c3ccc(OCC(COC(=O)C=C)OC(=O)C(C(=O)O)(C(=O)O)C(=O)OCCOC)cc3)c3ccccc3-c3ccccc32)cc1)OC(=O)c1ccccc1C(=O)O. The molecule has 72 heavy (non-hydrogen) atoms. The number of aromatic carboxylic acids is 1. The van der Waals surface area contributed by atoms with Crippen LogP contribution >= 0.6 is 0 Å². The summed E-state index contributed by atoms with van der Waals surface area (Å²) in [5, 5.41) is 29.4. The van der Waals surface area contributed by atoms with Crippen molar-refractivity contribution in [2.24, 2.45) is 5.41 Å². The van der Waals surface area contributed by atoms with Crippen molar-refractivity contribution in [2.75, 3.05) is 46.8 Å². The Morgan fingerprint density at radius 1 is 0.542 bits per heavy atom. The Bertz CT molecular complexity index is 2810. The summed E-state index contributed by atoms with van der Waals surface area (Å²) in [6, 6.07) is 35.1. The highest BCUT2D eigenvalue weighted by Crippen LogP contribution is 2.56. The predicted octanol–water partition coefficient (Wildman–Crippen LogP) is 5.45. The number of aliphatic carboxylic acids is 2. The van der Waals surface area contributed by atoms with Crippen molar-refractivity contribution in [1.29, 1.82) is 0 Å². The molecule has 5 aromatic rings. The second-order valence-corrected chi connectivity index (χ2v) is 15.6. The number of esters is 5. The van der Waals surface area contributed by atoms with Gasteiger partial charge in [-0.2, -0.15) is 0 Å². The predicted molar refractivity (Wildman–Crippen MR) is 250 cm³/mol. The van der Waals surface area contributed by atoms with E-state index < -0.39 is 97.2 Å². The number of hydrogen-bond donors (Lipinski definition) is 3. The Hall–Kier alpha value is -9.10. The molecule has 372 valence electrons. The number of rotatable bonds is 25. The molecule has 1 aliphatic rings. The smallest absolute Gasteiger partial charge is 0.355 e. The molecule has 0 heterocycles. The van der Waals surface area contributed by atoms with Gasteiger partial charge in [0.05, 0.1) is 23.1 Å². The molecule has 0 amide bonds. The van der Waals surface area contributed by atoms with Crippen LogP contribution in [0.15, 0.2) is 147 Å². The molecular formula is C53H46O19. The average molecular weight is 987 g/mol. The summed E-state index contributed by atoms with van der Waals surface area (Å²) < 4.78 is 42.4. The highest BCUT2D eigenvalue weighted by Gasteiger charge is 2.64. The monoisotopic (exact) mass is 986 g/mol. The van der Waals surface area contributed by atoms with E-state index in [1.54, 1.807) is 36.4 Å². The maximum atomic E-state index is 13.4. The van der Waals surface area contributed by atoms with Crippen LogP contribution in [0.2, 0.25) is 0 Å². The minimum Gasteiger partial charge on any atom is -0.490 e. The van der Waals surface area contributed by atoms with Crippen LogP contribution in [0.3, 0.4) is 0 Å². The number of methoxy groups -OCH3 is 1. The van der Waals surface area contributed by atoms with Crippen LogP contribution in [0.1, 0.15) is 43.0 Å². The summed E-state index contributed by atoms with van der Waals surface area (Å²) in [7, 11) is 1.24. The summed E-state index contributed by atoms with van der Waals surface area (Å²) >= 11 is 0. The number of carboxylic acids is 3. The van der Waals surface area contributed by atoms with Crippen molar-refractivity contribution in [3.63, 3.8) is 0 Å². The van der Waals surface area contributed by atoms with Crippen molar-refractivity contribution < 1.29 is 91.6 Å². The van der Waals surface area contributed by atoms with Gasteiger partial charge in [-0.1, -0.05) is 98.1 Å². The van der Waals surface area contributed by atoms with Crippen LogP contribution in [0, 0.1) is 5.41 Å². The summed E-state index contributed by atoms with van der Waals surface area (Å²) in [4.78, 5) is 99.8. The third-order valence-corrected chi connectivity index (χ3v) is 11.3. The van der Waals surface area contributed by atoms with Gasteiger partial charge < -0.3 is 53.2 Å². The van der Waals surface area contributed by atoms with Gasteiger partial charge >= 0.3 is 53.2 Å². The lowest BCUT2D eigenvalue weighted by atomic mass is 9.68. The first-order chi connectivity index (χ1) is 34.6. The zero-order valence-electron chi connectivity index (χ0n) is 38.4. The van der Waals surface area contributed by atoms with Gasteiger partial charge in [-0.15, -0.1) is 0 Å². The Balaban J connectivity index is 1.28. The van der Waals surface area contributed by atoms with E-state index in [1.807, 2.05) is 60.7 Å². The zero-order chi connectivity index (χ0) is 52.0. The quantitative estimate of drug-likeness (QED) is 0.0212. The number of carboxylic acid groups (broad SMARTS) is 3. The molecule has 0 saturated heterocycles. The van der Waals surface area contributed by atoms with E-state index >= 15 is 0 Å². The summed E-state index contributed by atoms with van der Waals surface area (Å²) in [6.07, 6.45) is -1.10. The fourth-order valence-electron chi connectivity index (χ4n) is 7.86. The number of ether oxygens (including phenoxy) is 8. The lowest BCUT2D eigenvalue weighted by Crippen LogP contribution is -2.55. The number of carbonyl (C=O) groups excluding carboxylic acids is 5. The van der Waals surface area contributed by atoms with Crippen molar-refractivity contribution in [1.82, 2.24) is 0 Å². The van der Waals surface area contributed by atoms with E-state index in [0.29, 0.717) is 5.75 Å². The number of benzene rings is 5. The van der Waals surface area contributed by atoms with Crippen molar-refractivity contribution in [2.45, 2.75) is 17.6 Å². The van der Waals surface area contributed by atoms with Gasteiger partial charge in [-0.05, 0) is 69.8 Å². The molecule has 19 nitrogen and oxygen atoms in total. The first kappa shape index (κ1) is 52.3. The molecule has 6 rings (SSSR count). The molecule has 0 aliphatic heterocycles. The van der Waals surface area contributed by atoms with Crippen LogP contribution < -0.4 is 9.47 Å². The molecule has 0 spiro atoms. The van der Waals surface area contributed by atoms with Crippen LogP contribution in [0.5, 0.6) is 11.5 Å². The highest BCUT2D eigenvalue weighted by molar-refractivity contribution is 6.32. The Kier molecular flexibility index (Phi) is 17.0. The van der Waals surface area contributed by atoms with Crippen LogP contribution in [-0.4, -0.2) is 122 Å². The van der Waals surface area contributed by atoms with E-state index in [-0.39, 0.29) is 30.1 Å². The standard InChI is InChI=1S/C53H46O19/c1-4-44(54)69-30-36(71-47(58)41-15-7-6-14-40(41)46(56)57)28-67-34-22-18-32(19-23-34)52(42-16-10-8-12-38(42)39-13-9-11-17-43(39)52)33-20-24-35(25-21-33)68-29-37(31-70-45(55)5-2)72-51(64)53(48(59)60,49(61)62)50(63)66-27-26-65-3/h4-25,36-37H,1-2,26-31H2,3H3,(H,56,57)(H,59,60)(H,61,62). The topological polar surface area (TPSA) is 271 Å². The molecule has 0 saturated carbocycles. The second kappa shape index (κ2) is 23.5. The number of hydrogen-bond acceptors (Lipinski definition) is 16. The lowest BCUT2D eigenvalue weighted by Gasteiger charge is -2.34. The third-order valence-electron chi connectivity index (χ3n) is 11.3. The molecular weight excluding hydrogens is 941 g/mol. The molecule has 0 radical (unpaired) electrons. The van der Waals surface area contributed by atoms with Crippen molar-refractivity contribution in [3.05, 3.63) is 180 Å². The highest BCUT2D eigenvalue weighted by atomic mass is 16.6. The second-order valence-electron chi connectivity index (χ2n) is 15.6. The average Bonchev–Trinajstić information content (AvgIpc) is 3.68. The minimum atomic E-state index is -3.86. The van der Waals surface area contributed by atoms with Gasteiger partial charge in [0.25, 0.3) is 0 Å². The van der Waals surface area contributed by atoms with Gasteiger partial charge in [-0.3, -0.25) is 0 Å². The Morgan fingerprint density at radius 3 is 1.43 bits per heavy atom. The molecule has 0 bridgehead atoms. The number of carbonyl (C=O) groups is 8. The van der Waals surface area contributed by atoms with E-state index in [1.165, 1.54) is 31.4 Å². The van der Waals surface area contributed by atoms with Gasteiger partial charge in [0.2, 0.25) is 0 Å². The minimum absolute atomic E-state index is 0.176. The third kappa shape index (κ3) is 11.0. The molecule has 19 heteroatoms. The van der Waals surface area contributed by atoms with Crippen LogP contribution in [0.4, 0.5) is 0 Å². The maximum absolute atomic E-state index is 13.4. The number of fused-ring (bicyclic) bond motifs is 3. The molecule has 3 N–H and O–H groups in total. The Morgan fingerprint density at radius 2 is 0.986 bits per heavy atom.